The summed E-state index contributed by atoms with van der Waals surface area (Å²) in [5, 5.41) is 0. The number of nitrogens with zero attached hydrogens (tertiary/aromatic N) is 2. The lowest BCUT2D eigenvalue weighted by atomic mass is 10.1. The predicted octanol–water partition coefficient (Wildman–Crippen LogP) is 2.44. The second kappa shape index (κ2) is 5.97. The first-order valence-electron chi connectivity index (χ1n) is 5.61. The van der Waals surface area contributed by atoms with E-state index in [-0.39, 0.29) is 5.91 Å². The van der Waals surface area contributed by atoms with E-state index < -0.39 is 0 Å². The fraction of sp³-hybridized carbons (Fsp3) is 0.385. The van der Waals surface area contributed by atoms with Gasteiger partial charge in [-0.3, -0.25) is 4.79 Å². The van der Waals surface area contributed by atoms with E-state index in [9.17, 15) is 9.59 Å². The van der Waals surface area contributed by atoms with Gasteiger partial charge in [-0.05, 0) is 44.5 Å². The van der Waals surface area contributed by atoms with Crippen LogP contribution in [-0.2, 0) is 4.79 Å². The zero-order chi connectivity index (χ0) is 12.8. The minimum Gasteiger partial charge on any atom is -0.339 e. The van der Waals surface area contributed by atoms with Crippen molar-refractivity contribution in [1.82, 2.24) is 4.90 Å². The molecule has 0 N–H and O–H groups in total. The Bertz CT molecular complexity index is 458. The van der Waals surface area contributed by atoms with E-state index in [1.807, 2.05) is 20.8 Å². The summed E-state index contributed by atoms with van der Waals surface area (Å²) in [5.41, 5.74) is 1.97. The number of amides is 1. The Kier molecular flexibility index (Phi) is 4.61. The van der Waals surface area contributed by atoms with Crippen molar-refractivity contribution in [3.63, 3.8) is 0 Å². The molecule has 4 heteroatoms. The van der Waals surface area contributed by atoms with Crippen LogP contribution in [0.1, 0.15) is 29.8 Å². The molecule has 0 saturated carbocycles. The highest BCUT2D eigenvalue weighted by molar-refractivity contribution is 5.94. The van der Waals surface area contributed by atoms with E-state index in [1.165, 1.54) is 6.08 Å². The lowest BCUT2D eigenvalue weighted by molar-refractivity contribution is 0.0773. The van der Waals surface area contributed by atoms with Crippen LogP contribution in [0.25, 0.3) is 0 Å². The van der Waals surface area contributed by atoms with Crippen molar-refractivity contribution in [2.24, 2.45) is 4.99 Å². The number of isocyanates is 1. The van der Waals surface area contributed by atoms with Crippen LogP contribution in [0.15, 0.2) is 23.2 Å². The van der Waals surface area contributed by atoms with Gasteiger partial charge in [0.15, 0.2) is 0 Å². The molecule has 0 heterocycles. The first kappa shape index (κ1) is 13.1. The summed E-state index contributed by atoms with van der Waals surface area (Å²) >= 11 is 0. The molecule has 0 atom stereocenters. The van der Waals surface area contributed by atoms with Crippen LogP contribution in [0.5, 0.6) is 0 Å². The van der Waals surface area contributed by atoms with Crippen LogP contribution in [0.4, 0.5) is 5.69 Å². The average molecular weight is 232 g/mol. The van der Waals surface area contributed by atoms with Crippen LogP contribution in [0.2, 0.25) is 0 Å². The molecule has 0 spiro atoms. The number of aryl methyl sites for hydroxylation is 1. The summed E-state index contributed by atoms with van der Waals surface area (Å²) in [6.45, 7) is 7.07. The lowest BCUT2D eigenvalue weighted by Crippen LogP contribution is -2.30. The third kappa shape index (κ3) is 3.02. The highest BCUT2D eigenvalue weighted by Crippen LogP contribution is 2.19. The molecule has 90 valence electrons. The third-order valence-electron chi connectivity index (χ3n) is 2.66. The minimum absolute atomic E-state index is 0.000248. The molecule has 0 aliphatic heterocycles. The first-order valence-corrected chi connectivity index (χ1v) is 5.61. The van der Waals surface area contributed by atoms with Crippen LogP contribution in [0, 0.1) is 6.92 Å². The maximum absolute atomic E-state index is 12.0. The number of hydrogen-bond donors (Lipinski definition) is 0. The highest BCUT2D eigenvalue weighted by atomic mass is 16.2. The van der Waals surface area contributed by atoms with Gasteiger partial charge in [0, 0.05) is 18.7 Å². The van der Waals surface area contributed by atoms with Gasteiger partial charge in [-0.15, -0.1) is 0 Å². The van der Waals surface area contributed by atoms with Crippen molar-refractivity contribution in [3.05, 3.63) is 29.3 Å². The number of benzene rings is 1. The van der Waals surface area contributed by atoms with E-state index in [4.69, 9.17) is 0 Å². The molecule has 4 nitrogen and oxygen atoms in total. The second-order valence-corrected chi connectivity index (χ2v) is 3.68. The molecule has 0 radical (unpaired) electrons. The molecular weight excluding hydrogens is 216 g/mol. The smallest absolute Gasteiger partial charge is 0.253 e. The Balaban J connectivity index is 3.05. The fourth-order valence-corrected chi connectivity index (χ4v) is 1.66. The van der Waals surface area contributed by atoms with E-state index in [0.717, 1.165) is 5.56 Å². The lowest BCUT2D eigenvalue weighted by Gasteiger charge is -2.18. The predicted molar refractivity (Wildman–Crippen MR) is 66.2 cm³/mol. The summed E-state index contributed by atoms with van der Waals surface area (Å²) in [6, 6.07) is 5.09. The molecule has 0 bridgehead atoms. The van der Waals surface area contributed by atoms with Gasteiger partial charge in [0.05, 0.1) is 5.69 Å². The first-order chi connectivity index (χ1) is 8.13. The molecule has 1 amide bonds. The quantitative estimate of drug-likeness (QED) is 0.591. The zero-order valence-electron chi connectivity index (χ0n) is 10.4. The van der Waals surface area contributed by atoms with E-state index in [1.54, 1.807) is 23.1 Å². The highest BCUT2D eigenvalue weighted by Gasteiger charge is 2.13. The van der Waals surface area contributed by atoms with Crippen LogP contribution < -0.4 is 0 Å². The number of aliphatic imine (C=N–C) groups is 1. The Labute approximate surface area is 101 Å². The molecule has 17 heavy (non-hydrogen) atoms. The normalized spacial score (nSPS) is 9.59. The van der Waals surface area contributed by atoms with Crippen molar-refractivity contribution in [3.8, 4) is 0 Å². The summed E-state index contributed by atoms with van der Waals surface area (Å²) in [7, 11) is 0. The summed E-state index contributed by atoms with van der Waals surface area (Å²) in [4.78, 5) is 27.5. The molecule has 0 saturated heterocycles. The molecule has 0 fully saturated rings. The summed E-state index contributed by atoms with van der Waals surface area (Å²) < 4.78 is 0. The fourth-order valence-electron chi connectivity index (χ4n) is 1.66. The maximum atomic E-state index is 12.0. The standard InChI is InChI=1S/C13H16N2O2/c1-4-15(5-2)13(17)11-6-7-12(14-9-16)10(3)8-11/h6-8H,4-5H2,1-3H3. The van der Waals surface area contributed by atoms with Gasteiger partial charge in [-0.2, -0.15) is 4.99 Å². The molecule has 0 aliphatic carbocycles. The third-order valence-corrected chi connectivity index (χ3v) is 2.66. The Morgan fingerprint density at radius 2 is 2.00 bits per heavy atom. The Morgan fingerprint density at radius 3 is 2.47 bits per heavy atom. The van der Waals surface area contributed by atoms with Crippen molar-refractivity contribution in [1.29, 1.82) is 0 Å². The summed E-state index contributed by atoms with van der Waals surface area (Å²) in [6.07, 6.45) is 1.50. The van der Waals surface area contributed by atoms with Gasteiger partial charge in [0.25, 0.3) is 5.91 Å². The largest absolute Gasteiger partial charge is 0.339 e. The molecular formula is C13H16N2O2. The Morgan fingerprint density at radius 1 is 1.35 bits per heavy atom. The van der Waals surface area contributed by atoms with Gasteiger partial charge in [0.1, 0.15) is 0 Å². The monoisotopic (exact) mass is 232 g/mol. The zero-order valence-corrected chi connectivity index (χ0v) is 10.4. The van der Waals surface area contributed by atoms with Crippen LogP contribution >= 0.6 is 0 Å². The van der Waals surface area contributed by atoms with E-state index in [0.29, 0.717) is 24.3 Å². The van der Waals surface area contributed by atoms with Crippen molar-refractivity contribution in [2.45, 2.75) is 20.8 Å². The van der Waals surface area contributed by atoms with Gasteiger partial charge in [0.2, 0.25) is 6.08 Å². The van der Waals surface area contributed by atoms with E-state index in [2.05, 4.69) is 4.99 Å². The number of carbonyl (C=O) groups excluding carboxylic acids is 2. The van der Waals surface area contributed by atoms with Crippen molar-refractivity contribution < 1.29 is 9.59 Å². The summed E-state index contributed by atoms with van der Waals surface area (Å²) in [5.74, 6) is -0.000248. The Hall–Kier alpha value is -1.93. The average Bonchev–Trinajstić information content (AvgIpc) is 2.33. The molecule has 1 aromatic carbocycles. The van der Waals surface area contributed by atoms with Gasteiger partial charge in [-0.25, -0.2) is 4.79 Å². The minimum atomic E-state index is -0.000248. The van der Waals surface area contributed by atoms with Crippen LogP contribution in [-0.4, -0.2) is 30.0 Å². The number of carbonyl (C=O) groups is 1. The van der Waals surface area contributed by atoms with Gasteiger partial charge >= 0.3 is 0 Å². The maximum Gasteiger partial charge on any atom is 0.253 e. The van der Waals surface area contributed by atoms with Gasteiger partial charge < -0.3 is 4.90 Å². The SMILES string of the molecule is CCN(CC)C(=O)c1ccc(N=C=O)c(C)c1. The second-order valence-electron chi connectivity index (χ2n) is 3.68. The molecule has 0 aromatic heterocycles. The number of hydrogen-bond acceptors (Lipinski definition) is 3. The van der Waals surface area contributed by atoms with Crippen molar-refractivity contribution >= 4 is 17.7 Å². The topological polar surface area (TPSA) is 49.7 Å². The molecule has 0 aliphatic rings. The molecule has 1 rings (SSSR count). The molecule has 1 aromatic rings. The van der Waals surface area contributed by atoms with Crippen molar-refractivity contribution in [2.75, 3.05) is 13.1 Å². The van der Waals surface area contributed by atoms with Gasteiger partial charge in [-0.1, -0.05) is 0 Å². The van der Waals surface area contributed by atoms with E-state index >= 15 is 0 Å². The molecule has 0 unspecified atom stereocenters. The van der Waals surface area contributed by atoms with Crippen LogP contribution in [0.3, 0.4) is 0 Å². The number of rotatable bonds is 4.